The number of halogens is 1. The van der Waals surface area contributed by atoms with Gasteiger partial charge in [-0.05, 0) is 24.8 Å². The van der Waals surface area contributed by atoms with Crippen LogP contribution in [0, 0.1) is 11.8 Å². The van der Waals surface area contributed by atoms with E-state index in [1.54, 1.807) is 0 Å². The fraction of sp³-hybridized carbons (Fsp3) is 0.909. The maximum absolute atomic E-state index is 10.8. The van der Waals surface area contributed by atoms with Crippen molar-refractivity contribution in [1.82, 2.24) is 5.32 Å². The predicted octanol–water partition coefficient (Wildman–Crippen LogP) is 2.05. The van der Waals surface area contributed by atoms with Crippen LogP contribution >= 0.6 is 12.4 Å². The fourth-order valence-electron chi connectivity index (χ4n) is 2.92. The van der Waals surface area contributed by atoms with Crippen LogP contribution in [0.1, 0.15) is 38.5 Å². The van der Waals surface area contributed by atoms with Crippen molar-refractivity contribution >= 4 is 18.4 Å². The summed E-state index contributed by atoms with van der Waals surface area (Å²) in [4.78, 5) is 10.8. The van der Waals surface area contributed by atoms with E-state index in [-0.39, 0.29) is 18.4 Å². The Morgan fingerprint density at radius 2 is 1.80 bits per heavy atom. The summed E-state index contributed by atoms with van der Waals surface area (Å²) in [6.07, 6.45) is 7.55. The van der Waals surface area contributed by atoms with Crippen molar-refractivity contribution in [3.05, 3.63) is 0 Å². The molecule has 0 radical (unpaired) electrons. The quantitative estimate of drug-likeness (QED) is 0.768. The maximum atomic E-state index is 10.8. The van der Waals surface area contributed by atoms with Gasteiger partial charge >= 0.3 is 5.97 Å². The molecule has 0 unspecified atom stereocenters. The summed E-state index contributed by atoms with van der Waals surface area (Å²) in [6.45, 7) is 0.918. The van der Waals surface area contributed by atoms with Gasteiger partial charge in [0.1, 0.15) is 6.04 Å². The molecule has 4 heteroatoms. The zero-order chi connectivity index (χ0) is 9.97. The zero-order valence-electron chi connectivity index (χ0n) is 8.95. The highest BCUT2D eigenvalue weighted by Crippen LogP contribution is 2.34. The van der Waals surface area contributed by atoms with Crippen molar-refractivity contribution in [2.75, 3.05) is 6.54 Å². The summed E-state index contributed by atoms with van der Waals surface area (Å²) < 4.78 is 0. The summed E-state index contributed by atoms with van der Waals surface area (Å²) in [5, 5.41) is 12.0. The first kappa shape index (κ1) is 12.8. The number of rotatable bonds is 2. The molecule has 0 amide bonds. The Bertz CT molecular complexity index is 217. The van der Waals surface area contributed by atoms with Crippen LogP contribution in [-0.2, 0) is 4.79 Å². The molecule has 0 aromatic heterocycles. The molecule has 2 fully saturated rings. The second-order valence-electron chi connectivity index (χ2n) is 4.69. The van der Waals surface area contributed by atoms with Crippen LogP contribution in [0.25, 0.3) is 0 Å². The van der Waals surface area contributed by atoms with E-state index in [0.717, 1.165) is 18.9 Å². The Hall–Kier alpha value is -0.280. The highest BCUT2D eigenvalue weighted by molar-refractivity contribution is 5.85. The summed E-state index contributed by atoms with van der Waals surface area (Å²) >= 11 is 0. The summed E-state index contributed by atoms with van der Waals surface area (Å²) in [5.74, 6) is 0.736. The van der Waals surface area contributed by atoms with Crippen LogP contribution in [0.5, 0.6) is 0 Å². The molecule has 1 saturated carbocycles. The van der Waals surface area contributed by atoms with Crippen LogP contribution in [0.2, 0.25) is 0 Å². The maximum Gasteiger partial charge on any atom is 0.320 e. The Morgan fingerprint density at radius 3 is 2.33 bits per heavy atom. The van der Waals surface area contributed by atoms with Gasteiger partial charge in [-0.1, -0.05) is 32.1 Å². The van der Waals surface area contributed by atoms with Crippen LogP contribution in [0.15, 0.2) is 0 Å². The van der Waals surface area contributed by atoms with Crippen molar-refractivity contribution in [2.45, 2.75) is 44.6 Å². The molecule has 0 bridgehead atoms. The molecule has 1 heterocycles. The molecular formula is C11H20ClNO2. The molecule has 2 rings (SSSR count). The molecule has 3 nitrogen and oxygen atoms in total. The third-order valence-corrected chi connectivity index (χ3v) is 3.78. The van der Waals surface area contributed by atoms with E-state index in [4.69, 9.17) is 5.11 Å². The normalized spacial score (nSPS) is 32.3. The van der Waals surface area contributed by atoms with E-state index in [9.17, 15) is 4.79 Å². The highest BCUT2D eigenvalue weighted by Gasteiger charge is 2.34. The first-order valence-corrected chi connectivity index (χ1v) is 5.73. The third kappa shape index (κ3) is 3.08. The van der Waals surface area contributed by atoms with Gasteiger partial charge in [-0.25, -0.2) is 0 Å². The second kappa shape index (κ2) is 5.71. The Kier molecular flexibility index (Phi) is 4.87. The predicted molar refractivity (Wildman–Crippen MR) is 61.4 cm³/mol. The summed E-state index contributed by atoms with van der Waals surface area (Å²) in [6, 6.07) is -0.276. The van der Waals surface area contributed by atoms with Gasteiger partial charge in [0, 0.05) is 0 Å². The largest absolute Gasteiger partial charge is 0.480 e. The topological polar surface area (TPSA) is 49.3 Å². The minimum absolute atomic E-state index is 0. The smallest absolute Gasteiger partial charge is 0.320 e. The third-order valence-electron chi connectivity index (χ3n) is 3.78. The molecule has 0 aromatic rings. The lowest BCUT2D eigenvalue weighted by molar-refractivity contribution is -0.139. The number of hydrogen-bond donors (Lipinski definition) is 2. The number of carboxylic acid groups (broad SMARTS) is 1. The monoisotopic (exact) mass is 233 g/mol. The Morgan fingerprint density at radius 1 is 1.13 bits per heavy atom. The summed E-state index contributed by atoms with van der Waals surface area (Å²) in [7, 11) is 0. The van der Waals surface area contributed by atoms with Gasteiger partial charge in [-0.15, -0.1) is 12.4 Å². The number of carbonyl (C=O) groups is 1. The van der Waals surface area contributed by atoms with Crippen molar-refractivity contribution < 1.29 is 9.90 Å². The van der Waals surface area contributed by atoms with Crippen LogP contribution in [0.3, 0.4) is 0 Å². The van der Waals surface area contributed by atoms with E-state index in [0.29, 0.717) is 5.92 Å². The Balaban J connectivity index is 0.00000112. The molecule has 15 heavy (non-hydrogen) atoms. The van der Waals surface area contributed by atoms with Crippen LogP contribution in [-0.4, -0.2) is 23.7 Å². The lowest BCUT2D eigenvalue weighted by Gasteiger charge is -2.26. The van der Waals surface area contributed by atoms with E-state index >= 15 is 0 Å². The first-order chi connectivity index (χ1) is 6.77. The molecule has 2 N–H and O–H groups in total. The molecule has 1 aliphatic carbocycles. The second-order valence-corrected chi connectivity index (χ2v) is 4.69. The van der Waals surface area contributed by atoms with Gasteiger partial charge in [-0.2, -0.15) is 0 Å². The first-order valence-electron chi connectivity index (χ1n) is 5.73. The molecular weight excluding hydrogens is 214 g/mol. The molecule has 0 aromatic carbocycles. The Labute approximate surface area is 97.0 Å². The lowest BCUT2D eigenvalue weighted by atomic mass is 9.79. The van der Waals surface area contributed by atoms with E-state index in [2.05, 4.69) is 5.32 Å². The van der Waals surface area contributed by atoms with Crippen molar-refractivity contribution in [3.8, 4) is 0 Å². The average Bonchev–Trinajstić information content (AvgIpc) is 2.68. The number of hydrogen-bond acceptors (Lipinski definition) is 2. The minimum Gasteiger partial charge on any atom is -0.480 e. The number of carboxylic acids is 1. The van der Waals surface area contributed by atoms with Crippen molar-refractivity contribution in [1.29, 1.82) is 0 Å². The highest BCUT2D eigenvalue weighted by atomic mass is 35.5. The van der Waals surface area contributed by atoms with Gasteiger partial charge in [0.15, 0.2) is 0 Å². The molecule has 88 valence electrons. The SMILES string of the molecule is Cl.O=C(O)[C@H]1C[C@@H](C2CCCCC2)CN1. The minimum atomic E-state index is -0.677. The lowest BCUT2D eigenvalue weighted by Crippen LogP contribution is -2.29. The number of nitrogens with one attached hydrogen (secondary N) is 1. The molecule has 2 atom stereocenters. The van der Waals surface area contributed by atoms with Gasteiger partial charge in [0.25, 0.3) is 0 Å². The van der Waals surface area contributed by atoms with Gasteiger partial charge in [0.05, 0.1) is 0 Å². The van der Waals surface area contributed by atoms with E-state index in [1.807, 2.05) is 0 Å². The number of aliphatic carboxylic acids is 1. The summed E-state index contributed by atoms with van der Waals surface area (Å²) in [5.41, 5.74) is 0. The van der Waals surface area contributed by atoms with Crippen molar-refractivity contribution in [2.24, 2.45) is 11.8 Å². The van der Waals surface area contributed by atoms with Gasteiger partial charge in [0.2, 0.25) is 0 Å². The van der Waals surface area contributed by atoms with Gasteiger partial charge in [-0.3, -0.25) is 4.79 Å². The van der Waals surface area contributed by atoms with E-state index in [1.165, 1.54) is 32.1 Å². The van der Waals surface area contributed by atoms with Crippen molar-refractivity contribution in [3.63, 3.8) is 0 Å². The van der Waals surface area contributed by atoms with Crippen LogP contribution < -0.4 is 5.32 Å². The molecule has 0 spiro atoms. The molecule has 2 aliphatic rings. The fourth-order valence-corrected chi connectivity index (χ4v) is 2.92. The van der Waals surface area contributed by atoms with Gasteiger partial charge < -0.3 is 10.4 Å². The zero-order valence-corrected chi connectivity index (χ0v) is 9.76. The van der Waals surface area contributed by atoms with Crippen LogP contribution in [0.4, 0.5) is 0 Å². The molecule has 1 aliphatic heterocycles. The van der Waals surface area contributed by atoms with E-state index < -0.39 is 5.97 Å². The standard InChI is InChI=1S/C11H19NO2.ClH/c13-11(14)10-6-9(7-12-10)8-4-2-1-3-5-8;/h8-10,12H,1-7H2,(H,13,14);1H/t9-,10-;/m1./s1. The molecule has 1 saturated heterocycles. The average molecular weight is 234 g/mol.